The molecule has 0 aliphatic heterocycles. The molecule has 9 atom stereocenters. The molecule has 4 rings (SSSR count). The third kappa shape index (κ3) is 4.31. The summed E-state index contributed by atoms with van der Waals surface area (Å²) < 4.78 is 0. The lowest BCUT2D eigenvalue weighted by molar-refractivity contribution is -0.0974. The van der Waals surface area contributed by atoms with Gasteiger partial charge in [-0.1, -0.05) is 46.8 Å². The molecule has 1 N–H and O–H groups in total. The van der Waals surface area contributed by atoms with Crippen molar-refractivity contribution in [2.24, 2.45) is 58.2 Å². The van der Waals surface area contributed by atoms with Crippen LogP contribution in [0.3, 0.4) is 0 Å². The van der Waals surface area contributed by atoms with Gasteiger partial charge in [0, 0.05) is 6.61 Å². The van der Waals surface area contributed by atoms with E-state index in [2.05, 4.69) is 46.8 Å². The minimum absolute atomic E-state index is 0.435. The summed E-state index contributed by atoms with van der Waals surface area (Å²) in [6.45, 7) is 13.0. The van der Waals surface area contributed by atoms with Crippen molar-refractivity contribution in [2.75, 3.05) is 6.61 Å². The minimum atomic E-state index is 0.435. The predicted octanol–water partition coefficient (Wildman–Crippen LogP) is 8.27. The SMILES string of the molecule is CC(C)CCC=CCCC(C)C1CCC2C3CCC4C(CO)CCC4(C)C3CCC12C. The van der Waals surface area contributed by atoms with Crippen molar-refractivity contribution in [1.29, 1.82) is 0 Å². The summed E-state index contributed by atoms with van der Waals surface area (Å²) in [5.41, 5.74) is 1.13. The quantitative estimate of drug-likeness (QED) is 0.386. The fraction of sp³-hybridized carbons (Fsp3) is 0.933. The van der Waals surface area contributed by atoms with Crippen LogP contribution in [0, 0.1) is 58.2 Å². The summed E-state index contributed by atoms with van der Waals surface area (Å²) in [7, 11) is 0. The van der Waals surface area contributed by atoms with Crippen LogP contribution in [0.25, 0.3) is 0 Å². The topological polar surface area (TPSA) is 20.2 Å². The number of aliphatic hydroxyl groups excluding tert-OH is 1. The van der Waals surface area contributed by atoms with Crippen LogP contribution >= 0.6 is 0 Å². The average molecular weight is 429 g/mol. The molecule has 4 aliphatic carbocycles. The summed E-state index contributed by atoms with van der Waals surface area (Å²) in [5.74, 6) is 6.95. The Morgan fingerprint density at radius 3 is 2.13 bits per heavy atom. The predicted molar refractivity (Wildman–Crippen MR) is 133 cm³/mol. The van der Waals surface area contributed by atoms with Crippen LogP contribution in [0.15, 0.2) is 12.2 Å². The maximum absolute atomic E-state index is 9.94. The van der Waals surface area contributed by atoms with Gasteiger partial charge in [-0.15, -0.1) is 0 Å². The Bertz CT molecular complexity index is 622. The standard InChI is InChI=1S/C30H52O/c1-21(2)10-8-6-7-9-11-22(3)25-14-15-27-24-12-13-26-23(20-31)16-18-30(26,5)28(24)17-19-29(25,27)4/h6-7,21-28,31H,8-20H2,1-5H3. The minimum Gasteiger partial charge on any atom is -0.396 e. The normalized spacial score (nSPS) is 45.6. The zero-order valence-corrected chi connectivity index (χ0v) is 21.4. The van der Waals surface area contributed by atoms with Crippen LogP contribution in [-0.4, -0.2) is 11.7 Å². The summed E-state index contributed by atoms with van der Waals surface area (Å²) in [5, 5.41) is 9.94. The lowest BCUT2D eigenvalue weighted by atomic mass is 9.46. The van der Waals surface area contributed by atoms with Crippen LogP contribution in [0.2, 0.25) is 0 Å². The van der Waals surface area contributed by atoms with Gasteiger partial charge in [-0.2, -0.15) is 0 Å². The molecular weight excluding hydrogens is 376 g/mol. The molecule has 0 saturated heterocycles. The van der Waals surface area contributed by atoms with E-state index in [9.17, 15) is 5.11 Å². The third-order valence-electron chi connectivity index (χ3n) is 11.4. The van der Waals surface area contributed by atoms with E-state index in [-0.39, 0.29) is 0 Å². The van der Waals surface area contributed by atoms with Crippen LogP contribution in [0.1, 0.15) is 112 Å². The van der Waals surface area contributed by atoms with E-state index in [1.165, 1.54) is 77.0 Å². The van der Waals surface area contributed by atoms with Crippen molar-refractivity contribution >= 4 is 0 Å². The smallest absolute Gasteiger partial charge is 0.0462 e. The molecule has 1 heteroatoms. The molecule has 0 bridgehead atoms. The van der Waals surface area contributed by atoms with Crippen LogP contribution in [0.4, 0.5) is 0 Å². The van der Waals surface area contributed by atoms with Gasteiger partial charge >= 0.3 is 0 Å². The fourth-order valence-electron chi connectivity index (χ4n) is 9.75. The Kier molecular flexibility index (Phi) is 7.32. The Balaban J connectivity index is 1.37. The molecule has 4 saturated carbocycles. The van der Waals surface area contributed by atoms with Gasteiger partial charge in [-0.05, 0) is 135 Å². The highest BCUT2D eigenvalue weighted by Crippen LogP contribution is 2.69. The molecule has 178 valence electrons. The van der Waals surface area contributed by atoms with E-state index in [4.69, 9.17) is 0 Å². The van der Waals surface area contributed by atoms with Gasteiger partial charge in [0.15, 0.2) is 0 Å². The molecule has 31 heavy (non-hydrogen) atoms. The fourth-order valence-corrected chi connectivity index (χ4v) is 9.75. The average Bonchev–Trinajstić information content (AvgIpc) is 3.26. The monoisotopic (exact) mass is 428 g/mol. The summed E-state index contributed by atoms with van der Waals surface area (Å²) in [4.78, 5) is 0. The van der Waals surface area contributed by atoms with E-state index < -0.39 is 0 Å². The Labute approximate surface area is 193 Å². The third-order valence-corrected chi connectivity index (χ3v) is 11.4. The Morgan fingerprint density at radius 1 is 0.774 bits per heavy atom. The summed E-state index contributed by atoms with van der Waals surface area (Å²) in [6.07, 6.45) is 21.6. The lowest BCUT2D eigenvalue weighted by Crippen LogP contribution is -2.51. The van der Waals surface area contributed by atoms with E-state index in [1.807, 2.05) is 0 Å². The van der Waals surface area contributed by atoms with Crippen LogP contribution < -0.4 is 0 Å². The number of aliphatic hydroxyl groups is 1. The number of hydrogen-bond donors (Lipinski definition) is 1. The van der Waals surface area contributed by atoms with E-state index in [1.54, 1.807) is 0 Å². The van der Waals surface area contributed by atoms with Gasteiger partial charge in [0.2, 0.25) is 0 Å². The molecule has 0 aromatic heterocycles. The highest BCUT2D eigenvalue weighted by molar-refractivity contribution is 5.11. The second-order valence-electron chi connectivity index (χ2n) is 13.3. The van der Waals surface area contributed by atoms with Crippen LogP contribution in [-0.2, 0) is 0 Å². The first-order valence-electron chi connectivity index (χ1n) is 14.1. The first-order valence-corrected chi connectivity index (χ1v) is 14.1. The zero-order valence-electron chi connectivity index (χ0n) is 21.4. The van der Waals surface area contributed by atoms with E-state index in [0.717, 1.165) is 41.4 Å². The molecule has 0 radical (unpaired) electrons. The van der Waals surface area contributed by atoms with Crippen molar-refractivity contribution in [1.82, 2.24) is 0 Å². The second-order valence-corrected chi connectivity index (χ2v) is 13.3. The number of rotatable bonds is 8. The molecule has 4 aliphatic rings. The molecule has 4 fully saturated rings. The molecular formula is C30H52O. The van der Waals surface area contributed by atoms with Crippen molar-refractivity contribution in [3.05, 3.63) is 12.2 Å². The molecule has 0 amide bonds. The second kappa shape index (κ2) is 9.52. The van der Waals surface area contributed by atoms with E-state index in [0.29, 0.717) is 23.4 Å². The zero-order chi connectivity index (χ0) is 22.2. The maximum Gasteiger partial charge on any atom is 0.0462 e. The van der Waals surface area contributed by atoms with Gasteiger partial charge in [0.25, 0.3) is 0 Å². The molecule has 9 unspecified atom stereocenters. The van der Waals surface area contributed by atoms with Crippen LogP contribution in [0.5, 0.6) is 0 Å². The van der Waals surface area contributed by atoms with Gasteiger partial charge < -0.3 is 5.11 Å². The number of hydrogen-bond acceptors (Lipinski definition) is 1. The first-order chi connectivity index (χ1) is 14.8. The van der Waals surface area contributed by atoms with Gasteiger partial charge in [-0.25, -0.2) is 0 Å². The Morgan fingerprint density at radius 2 is 1.42 bits per heavy atom. The van der Waals surface area contributed by atoms with Crippen molar-refractivity contribution in [2.45, 2.75) is 112 Å². The van der Waals surface area contributed by atoms with Crippen molar-refractivity contribution < 1.29 is 5.11 Å². The lowest BCUT2D eigenvalue weighted by Gasteiger charge is -2.58. The van der Waals surface area contributed by atoms with Gasteiger partial charge in [-0.3, -0.25) is 0 Å². The first kappa shape index (κ1) is 23.8. The largest absolute Gasteiger partial charge is 0.396 e. The molecule has 0 heterocycles. The van der Waals surface area contributed by atoms with Crippen molar-refractivity contribution in [3.63, 3.8) is 0 Å². The number of fused-ring (bicyclic) bond motifs is 5. The Hall–Kier alpha value is -0.300. The maximum atomic E-state index is 9.94. The summed E-state index contributed by atoms with van der Waals surface area (Å²) in [6, 6.07) is 0. The highest BCUT2D eigenvalue weighted by Gasteiger charge is 2.61. The van der Waals surface area contributed by atoms with Gasteiger partial charge in [0.05, 0.1) is 0 Å². The number of allylic oxidation sites excluding steroid dienone is 2. The van der Waals surface area contributed by atoms with Gasteiger partial charge in [0.1, 0.15) is 0 Å². The molecule has 0 aromatic carbocycles. The van der Waals surface area contributed by atoms with Crippen molar-refractivity contribution in [3.8, 4) is 0 Å². The van der Waals surface area contributed by atoms with E-state index >= 15 is 0 Å². The summed E-state index contributed by atoms with van der Waals surface area (Å²) >= 11 is 0. The highest BCUT2D eigenvalue weighted by atomic mass is 16.3. The molecule has 1 nitrogen and oxygen atoms in total. The molecule has 0 spiro atoms. The molecule has 0 aromatic rings.